The molecule has 6 heteroatoms. The number of aryl methyl sites for hydroxylation is 1. The average molecular weight is 362 g/mol. The Morgan fingerprint density at radius 1 is 1.19 bits per heavy atom. The molecule has 1 saturated heterocycles. The van der Waals surface area contributed by atoms with Gasteiger partial charge in [0, 0.05) is 31.4 Å². The maximum atomic E-state index is 12.4. The fourth-order valence-corrected chi connectivity index (χ4v) is 3.63. The van der Waals surface area contributed by atoms with Gasteiger partial charge in [-0.2, -0.15) is 5.10 Å². The molecular formula is C21H22N4O2. The van der Waals surface area contributed by atoms with Crippen LogP contribution in [0.2, 0.25) is 0 Å². The van der Waals surface area contributed by atoms with Gasteiger partial charge < -0.3 is 10.2 Å². The van der Waals surface area contributed by atoms with E-state index in [2.05, 4.69) is 34.7 Å². The quantitative estimate of drug-likeness (QED) is 0.757. The molecule has 0 aliphatic carbocycles. The zero-order chi connectivity index (χ0) is 18.8. The van der Waals surface area contributed by atoms with Gasteiger partial charge in [0.1, 0.15) is 6.54 Å². The predicted molar refractivity (Wildman–Crippen MR) is 103 cm³/mol. The summed E-state index contributed by atoms with van der Waals surface area (Å²) in [6, 6.07) is 16.0. The lowest BCUT2D eigenvalue weighted by Gasteiger charge is -2.18. The molecule has 1 fully saturated rings. The molecule has 27 heavy (non-hydrogen) atoms. The van der Waals surface area contributed by atoms with Crippen LogP contribution in [0.4, 0.5) is 0 Å². The van der Waals surface area contributed by atoms with Crippen molar-refractivity contribution in [3.05, 3.63) is 66.0 Å². The lowest BCUT2D eigenvalue weighted by Crippen LogP contribution is -2.39. The SMILES string of the molecule is Cc1ccnn1CC(=O)NC1CC(=O)N(Cc2cccc3ccccc23)C1. The van der Waals surface area contributed by atoms with Gasteiger partial charge in [-0.15, -0.1) is 0 Å². The van der Waals surface area contributed by atoms with Gasteiger partial charge in [-0.25, -0.2) is 0 Å². The van der Waals surface area contributed by atoms with E-state index in [0.717, 1.165) is 16.6 Å². The molecule has 2 amide bonds. The molecule has 1 aliphatic rings. The number of nitrogens with zero attached hydrogens (tertiary/aromatic N) is 3. The number of hydrogen-bond donors (Lipinski definition) is 1. The minimum absolute atomic E-state index is 0.0727. The fraction of sp³-hybridized carbons (Fsp3) is 0.286. The van der Waals surface area contributed by atoms with Crippen LogP contribution in [0.15, 0.2) is 54.7 Å². The van der Waals surface area contributed by atoms with E-state index in [1.807, 2.05) is 36.1 Å². The zero-order valence-electron chi connectivity index (χ0n) is 15.3. The third-order valence-corrected chi connectivity index (χ3v) is 5.04. The van der Waals surface area contributed by atoms with Gasteiger partial charge in [0.05, 0.1) is 6.04 Å². The van der Waals surface area contributed by atoms with Crippen LogP contribution in [-0.4, -0.2) is 39.1 Å². The standard InChI is InChI=1S/C21H22N4O2/c1-15-9-10-22-25(15)14-20(26)23-18-11-21(27)24(13-18)12-17-7-4-6-16-5-2-3-8-19(16)17/h2-10,18H,11-14H2,1H3,(H,23,26). The maximum Gasteiger partial charge on any atom is 0.242 e. The molecule has 1 atom stereocenters. The average Bonchev–Trinajstić information content (AvgIpc) is 3.20. The lowest BCUT2D eigenvalue weighted by molar-refractivity contribution is -0.128. The number of likely N-dealkylation sites (tertiary alicyclic amines) is 1. The zero-order valence-corrected chi connectivity index (χ0v) is 15.3. The first-order chi connectivity index (χ1) is 13.1. The summed E-state index contributed by atoms with van der Waals surface area (Å²) < 4.78 is 1.65. The molecule has 1 aliphatic heterocycles. The van der Waals surface area contributed by atoms with Crippen LogP contribution in [0.25, 0.3) is 10.8 Å². The number of amides is 2. The Balaban J connectivity index is 1.40. The van der Waals surface area contributed by atoms with E-state index in [4.69, 9.17) is 0 Å². The van der Waals surface area contributed by atoms with E-state index in [1.165, 1.54) is 5.39 Å². The van der Waals surface area contributed by atoms with Gasteiger partial charge in [0.25, 0.3) is 0 Å². The normalized spacial score (nSPS) is 16.9. The fourth-order valence-electron chi connectivity index (χ4n) is 3.63. The second-order valence-electron chi connectivity index (χ2n) is 7.01. The van der Waals surface area contributed by atoms with Crippen molar-refractivity contribution >= 4 is 22.6 Å². The van der Waals surface area contributed by atoms with Crippen molar-refractivity contribution in [3.8, 4) is 0 Å². The monoisotopic (exact) mass is 362 g/mol. The van der Waals surface area contributed by atoms with Gasteiger partial charge in [-0.1, -0.05) is 42.5 Å². The number of rotatable bonds is 5. The molecule has 0 radical (unpaired) electrons. The molecule has 3 aromatic rings. The van der Waals surface area contributed by atoms with Crippen molar-refractivity contribution in [3.63, 3.8) is 0 Å². The number of carbonyl (C=O) groups excluding carboxylic acids is 2. The summed E-state index contributed by atoms with van der Waals surface area (Å²) in [5.74, 6) is -0.0462. The van der Waals surface area contributed by atoms with Crippen LogP contribution >= 0.6 is 0 Å². The van der Waals surface area contributed by atoms with E-state index in [1.54, 1.807) is 10.9 Å². The Kier molecular flexibility index (Phi) is 4.62. The van der Waals surface area contributed by atoms with Crippen molar-refractivity contribution in [2.75, 3.05) is 6.54 Å². The molecule has 1 unspecified atom stereocenters. The molecule has 2 aromatic carbocycles. The van der Waals surface area contributed by atoms with E-state index < -0.39 is 0 Å². The van der Waals surface area contributed by atoms with Gasteiger partial charge >= 0.3 is 0 Å². The minimum atomic E-state index is -0.157. The summed E-state index contributed by atoms with van der Waals surface area (Å²) in [5, 5.41) is 9.42. The number of carbonyl (C=O) groups is 2. The Morgan fingerprint density at radius 3 is 2.81 bits per heavy atom. The second kappa shape index (κ2) is 7.23. The highest BCUT2D eigenvalue weighted by atomic mass is 16.2. The number of benzene rings is 2. The number of fused-ring (bicyclic) bond motifs is 1. The third kappa shape index (κ3) is 3.69. The topological polar surface area (TPSA) is 67.2 Å². The second-order valence-corrected chi connectivity index (χ2v) is 7.01. The number of hydrogen-bond acceptors (Lipinski definition) is 3. The Morgan fingerprint density at radius 2 is 2.00 bits per heavy atom. The van der Waals surface area contributed by atoms with Crippen molar-refractivity contribution in [1.82, 2.24) is 20.0 Å². The molecule has 1 N–H and O–H groups in total. The summed E-state index contributed by atoms with van der Waals surface area (Å²) >= 11 is 0. The van der Waals surface area contributed by atoms with Crippen LogP contribution in [-0.2, 0) is 22.7 Å². The molecule has 6 nitrogen and oxygen atoms in total. The van der Waals surface area contributed by atoms with Gasteiger partial charge in [-0.3, -0.25) is 14.3 Å². The van der Waals surface area contributed by atoms with Crippen molar-refractivity contribution < 1.29 is 9.59 Å². The summed E-state index contributed by atoms with van der Waals surface area (Å²) in [4.78, 5) is 26.5. The molecule has 138 valence electrons. The van der Waals surface area contributed by atoms with Crippen LogP contribution < -0.4 is 5.32 Å². The van der Waals surface area contributed by atoms with E-state index in [0.29, 0.717) is 19.5 Å². The Hall–Kier alpha value is -3.15. The first-order valence-electron chi connectivity index (χ1n) is 9.12. The molecule has 2 heterocycles. The largest absolute Gasteiger partial charge is 0.349 e. The lowest BCUT2D eigenvalue weighted by atomic mass is 10.0. The van der Waals surface area contributed by atoms with Crippen LogP contribution in [0, 0.1) is 6.92 Å². The van der Waals surface area contributed by atoms with E-state index >= 15 is 0 Å². The molecular weight excluding hydrogens is 340 g/mol. The highest BCUT2D eigenvalue weighted by molar-refractivity contribution is 5.87. The van der Waals surface area contributed by atoms with Crippen LogP contribution in [0.3, 0.4) is 0 Å². The van der Waals surface area contributed by atoms with Crippen molar-refractivity contribution in [2.45, 2.75) is 32.5 Å². The maximum absolute atomic E-state index is 12.4. The predicted octanol–water partition coefficient (Wildman–Crippen LogP) is 2.26. The van der Waals surface area contributed by atoms with Crippen molar-refractivity contribution in [2.24, 2.45) is 0 Å². The van der Waals surface area contributed by atoms with E-state index in [9.17, 15) is 9.59 Å². The van der Waals surface area contributed by atoms with Crippen LogP contribution in [0.5, 0.6) is 0 Å². The van der Waals surface area contributed by atoms with Gasteiger partial charge in [0.15, 0.2) is 0 Å². The molecule has 0 bridgehead atoms. The first kappa shape index (κ1) is 17.3. The summed E-state index contributed by atoms with van der Waals surface area (Å²) in [7, 11) is 0. The Bertz CT molecular complexity index is 989. The van der Waals surface area contributed by atoms with Gasteiger partial charge in [-0.05, 0) is 29.3 Å². The molecule has 0 spiro atoms. The Labute approximate surface area is 157 Å². The molecule has 1 aromatic heterocycles. The first-order valence-corrected chi connectivity index (χ1v) is 9.12. The van der Waals surface area contributed by atoms with Crippen LogP contribution in [0.1, 0.15) is 17.7 Å². The molecule has 0 saturated carbocycles. The summed E-state index contributed by atoms with van der Waals surface area (Å²) in [5.41, 5.74) is 2.06. The third-order valence-electron chi connectivity index (χ3n) is 5.04. The minimum Gasteiger partial charge on any atom is -0.349 e. The number of aromatic nitrogens is 2. The summed E-state index contributed by atoms with van der Waals surface area (Å²) in [6.45, 7) is 3.18. The molecule has 4 rings (SSSR count). The smallest absolute Gasteiger partial charge is 0.242 e. The van der Waals surface area contributed by atoms with Crippen molar-refractivity contribution in [1.29, 1.82) is 0 Å². The summed E-state index contributed by atoms with van der Waals surface area (Å²) in [6.07, 6.45) is 2.02. The highest BCUT2D eigenvalue weighted by Crippen LogP contribution is 2.22. The number of nitrogens with one attached hydrogen (secondary N) is 1. The van der Waals surface area contributed by atoms with E-state index in [-0.39, 0.29) is 24.4 Å². The van der Waals surface area contributed by atoms with Gasteiger partial charge in [0.2, 0.25) is 11.8 Å². The highest BCUT2D eigenvalue weighted by Gasteiger charge is 2.30.